The zero-order valence-electron chi connectivity index (χ0n) is 12.0. The number of hydrazine groups is 1. The highest BCUT2D eigenvalue weighted by Gasteiger charge is 2.22. The van der Waals surface area contributed by atoms with Gasteiger partial charge < -0.3 is 5.11 Å². The number of piperidine rings is 1. The summed E-state index contributed by atoms with van der Waals surface area (Å²) in [6.07, 6.45) is 3.17. The Morgan fingerprint density at radius 1 is 1.15 bits per heavy atom. The maximum atomic E-state index is 12.5. The van der Waals surface area contributed by atoms with Gasteiger partial charge >= 0.3 is 0 Å². The minimum atomic E-state index is -3.58. The number of rotatable bonds is 4. The van der Waals surface area contributed by atoms with Gasteiger partial charge in [0.2, 0.25) is 0 Å². The molecule has 2 rings (SSSR count). The molecule has 2 N–H and O–H groups in total. The predicted molar refractivity (Wildman–Crippen MR) is 77.6 cm³/mol. The molecule has 1 aromatic rings. The molecule has 1 aromatic carbocycles. The number of sulfonamides is 1. The summed E-state index contributed by atoms with van der Waals surface area (Å²) in [7, 11) is -3.58. The van der Waals surface area contributed by atoms with Crippen LogP contribution in [0.3, 0.4) is 0 Å². The van der Waals surface area contributed by atoms with Crippen molar-refractivity contribution in [3.05, 3.63) is 28.8 Å². The SMILES string of the molecule is Cc1cc(C)c(S(=O)(=O)NN2CCCCC2)cc1CO. The molecule has 0 unspecified atom stereocenters. The van der Waals surface area contributed by atoms with Gasteiger partial charge in [0, 0.05) is 13.1 Å². The first-order valence-electron chi connectivity index (χ1n) is 6.92. The van der Waals surface area contributed by atoms with Crippen molar-refractivity contribution < 1.29 is 13.5 Å². The molecule has 0 amide bonds. The molecular formula is C14H22N2O3S. The van der Waals surface area contributed by atoms with Crippen molar-refractivity contribution in [3.8, 4) is 0 Å². The van der Waals surface area contributed by atoms with E-state index in [4.69, 9.17) is 0 Å². The molecule has 0 aliphatic carbocycles. The van der Waals surface area contributed by atoms with Crippen molar-refractivity contribution >= 4 is 10.0 Å². The lowest BCUT2D eigenvalue weighted by Gasteiger charge is -2.27. The lowest BCUT2D eigenvalue weighted by molar-refractivity contribution is 0.200. The third-order valence-electron chi connectivity index (χ3n) is 3.70. The number of benzene rings is 1. The van der Waals surface area contributed by atoms with Crippen LogP contribution in [0.5, 0.6) is 0 Å². The molecule has 0 atom stereocenters. The first-order valence-corrected chi connectivity index (χ1v) is 8.41. The Morgan fingerprint density at radius 2 is 1.80 bits per heavy atom. The fraction of sp³-hybridized carbons (Fsp3) is 0.571. The van der Waals surface area contributed by atoms with Crippen LogP contribution in [0.25, 0.3) is 0 Å². The van der Waals surface area contributed by atoms with Crippen LogP contribution in [0.1, 0.15) is 36.0 Å². The monoisotopic (exact) mass is 298 g/mol. The van der Waals surface area contributed by atoms with Gasteiger partial charge in [0.25, 0.3) is 10.0 Å². The van der Waals surface area contributed by atoms with E-state index in [1.54, 1.807) is 24.1 Å². The topological polar surface area (TPSA) is 69.6 Å². The molecule has 5 nitrogen and oxygen atoms in total. The van der Waals surface area contributed by atoms with E-state index in [-0.39, 0.29) is 11.5 Å². The van der Waals surface area contributed by atoms with Gasteiger partial charge in [-0.05, 0) is 49.4 Å². The highest BCUT2D eigenvalue weighted by atomic mass is 32.2. The van der Waals surface area contributed by atoms with E-state index < -0.39 is 10.0 Å². The van der Waals surface area contributed by atoms with Crippen LogP contribution in [0.15, 0.2) is 17.0 Å². The maximum absolute atomic E-state index is 12.5. The highest BCUT2D eigenvalue weighted by Crippen LogP contribution is 2.21. The molecule has 0 aromatic heterocycles. The molecule has 0 bridgehead atoms. The molecule has 0 radical (unpaired) electrons. The van der Waals surface area contributed by atoms with E-state index >= 15 is 0 Å². The summed E-state index contributed by atoms with van der Waals surface area (Å²) in [6.45, 7) is 4.98. The zero-order chi connectivity index (χ0) is 14.8. The third-order valence-corrected chi connectivity index (χ3v) is 5.22. The summed E-state index contributed by atoms with van der Waals surface area (Å²) >= 11 is 0. The van der Waals surface area contributed by atoms with Gasteiger partial charge in [-0.2, -0.15) is 0 Å². The van der Waals surface area contributed by atoms with Crippen molar-refractivity contribution in [2.24, 2.45) is 0 Å². The van der Waals surface area contributed by atoms with Crippen LogP contribution in [-0.4, -0.2) is 31.6 Å². The first kappa shape index (κ1) is 15.4. The quantitative estimate of drug-likeness (QED) is 0.883. The molecule has 0 spiro atoms. The second-order valence-corrected chi connectivity index (χ2v) is 6.97. The van der Waals surface area contributed by atoms with Gasteiger partial charge in [-0.3, -0.25) is 0 Å². The number of nitrogens with one attached hydrogen (secondary N) is 1. The van der Waals surface area contributed by atoms with E-state index in [0.717, 1.165) is 37.9 Å². The number of aliphatic hydroxyl groups excluding tert-OH is 1. The van der Waals surface area contributed by atoms with Gasteiger partial charge in [0.05, 0.1) is 11.5 Å². The predicted octanol–water partition coefficient (Wildman–Crippen LogP) is 1.47. The number of hydrogen-bond acceptors (Lipinski definition) is 4. The summed E-state index contributed by atoms with van der Waals surface area (Å²) < 4.78 is 24.9. The first-order chi connectivity index (χ1) is 9.44. The maximum Gasteiger partial charge on any atom is 0.253 e. The van der Waals surface area contributed by atoms with Crippen molar-refractivity contribution in [2.75, 3.05) is 13.1 Å². The van der Waals surface area contributed by atoms with E-state index in [2.05, 4.69) is 4.83 Å². The van der Waals surface area contributed by atoms with Crippen molar-refractivity contribution in [3.63, 3.8) is 0 Å². The average Bonchev–Trinajstić information content (AvgIpc) is 2.39. The van der Waals surface area contributed by atoms with Gasteiger partial charge in [0.15, 0.2) is 0 Å². The molecule has 0 saturated carbocycles. The number of nitrogens with zero attached hydrogens (tertiary/aromatic N) is 1. The van der Waals surface area contributed by atoms with E-state index in [1.165, 1.54) is 0 Å². The summed E-state index contributed by atoms with van der Waals surface area (Å²) in [6, 6.07) is 3.37. The molecule has 1 fully saturated rings. The second-order valence-electron chi connectivity index (χ2n) is 5.34. The van der Waals surface area contributed by atoms with Crippen molar-refractivity contribution in [1.29, 1.82) is 0 Å². The van der Waals surface area contributed by atoms with Crippen LogP contribution in [-0.2, 0) is 16.6 Å². The van der Waals surface area contributed by atoms with Crippen LogP contribution in [0.4, 0.5) is 0 Å². The van der Waals surface area contributed by atoms with Crippen LogP contribution in [0, 0.1) is 13.8 Å². The van der Waals surface area contributed by atoms with Crippen LogP contribution >= 0.6 is 0 Å². The average molecular weight is 298 g/mol. The molecule has 1 heterocycles. The largest absolute Gasteiger partial charge is 0.392 e. The lowest BCUT2D eigenvalue weighted by Crippen LogP contribution is -2.45. The Balaban J connectivity index is 2.28. The molecular weight excluding hydrogens is 276 g/mol. The smallest absolute Gasteiger partial charge is 0.253 e. The van der Waals surface area contributed by atoms with Crippen LogP contribution in [0.2, 0.25) is 0 Å². The van der Waals surface area contributed by atoms with Crippen molar-refractivity contribution in [2.45, 2.75) is 44.6 Å². The minimum absolute atomic E-state index is 0.154. The minimum Gasteiger partial charge on any atom is -0.392 e. The molecule has 1 aliphatic rings. The number of aryl methyl sites for hydroxylation is 2. The summed E-state index contributed by atoms with van der Waals surface area (Å²) in [5.74, 6) is 0. The molecule has 20 heavy (non-hydrogen) atoms. The highest BCUT2D eigenvalue weighted by molar-refractivity contribution is 7.89. The van der Waals surface area contributed by atoms with Gasteiger partial charge in [-0.25, -0.2) is 13.4 Å². The molecule has 6 heteroatoms. The van der Waals surface area contributed by atoms with Crippen LogP contribution < -0.4 is 4.83 Å². The molecule has 1 aliphatic heterocycles. The second kappa shape index (κ2) is 6.22. The molecule has 1 saturated heterocycles. The normalized spacial score (nSPS) is 17.4. The standard InChI is InChI=1S/C14H22N2O3S/c1-11-8-12(2)14(9-13(11)10-17)20(18,19)15-16-6-4-3-5-7-16/h8-9,15,17H,3-7,10H2,1-2H3. The van der Waals surface area contributed by atoms with Gasteiger partial charge in [0.1, 0.15) is 0 Å². The van der Waals surface area contributed by atoms with E-state index in [9.17, 15) is 13.5 Å². The Hall–Kier alpha value is -0.950. The van der Waals surface area contributed by atoms with Gasteiger partial charge in [-0.15, -0.1) is 4.83 Å². The Labute approximate surface area is 120 Å². The summed E-state index contributed by atoms with van der Waals surface area (Å²) in [5.41, 5.74) is 2.25. The Bertz CT molecular complexity index is 578. The summed E-state index contributed by atoms with van der Waals surface area (Å²) in [5, 5.41) is 11.1. The summed E-state index contributed by atoms with van der Waals surface area (Å²) in [4.78, 5) is 2.89. The fourth-order valence-electron chi connectivity index (χ4n) is 2.54. The zero-order valence-corrected chi connectivity index (χ0v) is 12.8. The van der Waals surface area contributed by atoms with Crippen molar-refractivity contribution in [1.82, 2.24) is 9.84 Å². The lowest BCUT2D eigenvalue weighted by atomic mass is 10.1. The van der Waals surface area contributed by atoms with Gasteiger partial charge in [-0.1, -0.05) is 12.5 Å². The third kappa shape index (κ3) is 3.38. The van der Waals surface area contributed by atoms with E-state index in [0.29, 0.717) is 11.1 Å². The number of hydrogen-bond donors (Lipinski definition) is 2. The Kier molecular flexibility index (Phi) is 4.80. The Morgan fingerprint density at radius 3 is 2.40 bits per heavy atom. The van der Waals surface area contributed by atoms with E-state index in [1.807, 2.05) is 6.92 Å². The number of aliphatic hydroxyl groups is 1. The molecule has 112 valence electrons. The fourth-order valence-corrected chi connectivity index (χ4v) is 3.94.